The number of likely N-dealkylation sites (tertiary alicyclic amines) is 1. The number of hydrogen-bond donors (Lipinski definition) is 1. The minimum atomic E-state index is -0.376. The molecule has 1 aromatic heterocycles. The van der Waals surface area contributed by atoms with Crippen LogP contribution < -0.4 is 0 Å². The first kappa shape index (κ1) is 20.0. The Labute approximate surface area is 165 Å². The van der Waals surface area contributed by atoms with Crippen LogP contribution in [0.1, 0.15) is 43.7 Å². The summed E-state index contributed by atoms with van der Waals surface area (Å²) in [6.07, 6.45) is 7.18. The average Bonchev–Trinajstić information content (AvgIpc) is 3.10. The number of imidazole rings is 1. The molecular weight excluding hydrogens is 358 g/mol. The molecule has 2 atom stereocenters. The summed E-state index contributed by atoms with van der Waals surface area (Å²) in [5, 5.41) is 10.6. The highest BCUT2D eigenvalue weighted by atomic mass is 32.2. The van der Waals surface area contributed by atoms with Crippen molar-refractivity contribution in [2.24, 2.45) is 0 Å². The Balaban J connectivity index is 1.69. The summed E-state index contributed by atoms with van der Waals surface area (Å²) in [7, 11) is 0. The van der Waals surface area contributed by atoms with E-state index in [9.17, 15) is 9.90 Å². The highest BCUT2D eigenvalue weighted by molar-refractivity contribution is 7.99. The van der Waals surface area contributed by atoms with Crippen molar-refractivity contribution >= 4 is 17.7 Å². The summed E-state index contributed by atoms with van der Waals surface area (Å²) >= 11 is 1.48. The number of rotatable bonds is 6. The lowest BCUT2D eigenvalue weighted by molar-refractivity contribution is -0.132. The number of nitrogens with zero attached hydrogens (tertiary/aromatic N) is 3. The van der Waals surface area contributed by atoms with Gasteiger partial charge in [0.05, 0.1) is 17.5 Å². The van der Waals surface area contributed by atoms with Gasteiger partial charge in [-0.05, 0) is 63.6 Å². The number of piperidine rings is 1. The van der Waals surface area contributed by atoms with Crippen LogP contribution >= 0.6 is 11.8 Å². The van der Waals surface area contributed by atoms with E-state index in [0.717, 1.165) is 36.7 Å². The average molecular weight is 388 g/mol. The predicted molar refractivity (Wildman–Crippen MR) is 109 cm³/mol. The number of benzene rings is 1. The van der Waals surface area contributed by atoms with Gasteiger partial charge in [-0.25, -0.2) is 4.98 Å². The number of thioether (sulfide) groups is 1. The van der Waals surface area contributed by atoms with E-state index >= 15 is 0 Å². The molecule has 1 aliphatic rings. The molecule has 0 bridgehead atoms. The smallest absolute Gasteiger partial charge is 0.233 e. The van der Waals surface area contributed by atoms with Crippen LogP contribution in [0.2, 0.25) is 0 Å². The SMILES string of the molecule is Cc1cccc(-n2ccnc2SCC(=O)N2CCCC[C@H]2C[C@H](C)O)c1C. The van der Waals surface area contributed by atoms with Crippen LogP contribution in [0.25, 0.3) is 5.69 Å². The van der Waals surface area contributed by atoms with Gasteiger partial charge in [-0.15, -0.1) is 0 Å². The van der Waals surface area contributed by atoms with Crippen LogP contribution in [0.15, 0.2) is 35.7 Å². The van der Waals surface area contributed by atoms with E-state index < -0.39 is 0 Å². The molecule has 6 heteroatoms. The van der Waals surface area contributed by atoms with Gasteiger partial charge < -0.3 is 10.0 Å². The molecule has 146 valence electrons. The van der Waals surface area contributed by atoms with Crippen molar-refractivity contribution in [3.63, 3.8) is 0 Å². The summed E-state index contributed by atoms with van der Waals surface area (Å²) in [6, 6.07) is 6.39. The normalized spacial score (nSPS) is 18.5. The van der Waals surface area contributed by atoms with Crippen LogP contribution in [0, 0.1) is 13.8 Å². The maximum absolute atomic E-state index is 12.8. The summed E-state index contributed by atoms with van der Waals surface area (Å²) in [4.78, 5) is 19.3. The number of carbonyl (C=O) groups excluding carboxylic acids is 1. The lowest BCUT2D eigenvalue weighted by Gasteiger charge is -2.36. The number of aromatic nitrogens is 2. The second kappa shape index (κ2) is 8.93. The minimum absolute atomic E-state index is 0.140. The fourth-order valence-corrected chi connectivity index (χ4v) is 4.61. The van der Waals surface area contributed by atoms with E-state index in [1.807, 2.05) is 17.2 Å². The number of carbonyl (C=O) groups is 1. The van der Waals surface area contributed by atoms with Crippen LogP contribution in [-0.4, -0.2) is 49.9 Å². The molecule has 0 aliphatic carbocycles. The third-order valence-corrected chi connectivity index (χ3v) is 6.28. The van der Waals surface area contributed by atoms with E-state index in [1.54, 1.807) is 13.1 Å². The second-order valence-corrected chi connectivity index (χ2v) is 8.35. The van der Waals surface area contributed by atoms with E-state index in [0.29, 0.717) is 12.2 Å². The standard InChI is InChI=1S/C21H29N3O2S/c1-15-7-6-9-19(17(15)3)24-12-10-22-21(24)27-14-20(26)23-11-5-4-8-18(23)13-16(2)25/h6-7,9-10,12,16,18,25H,4-5,8,11,13-14H2,1-3H3/t16-,18-/m0/s1. The molecule has 1 aliphatic heterocycles. The van der Waals surface area contributed by atoms with Crippen molar-refractivity contribution in [1.29, 1.82) is 0 Å². The molecule has 2 heterocycles. The summed E-state index contributed by atoms with van der Waals surface area (Å²) in [6.45, 7) is 6.80. The summed E-state index contributed by atoms with van der Waals surface area (Å²) in [5.74, 6) is 0.513. The van der Waals surface area contributed by atoms with Crippen molar-refractivity contribution in [2.75, 3.05) is 12.3 Å². The Morgan fingerprint density at radius 2 is 2.19 bits per heavy atom. The number of aryl methyl sites for hydroxylation is 1. The van der Waals surface area contributed by atoms with Gasteiger partial charge in [-0.3, -0.25) is 9.36 Å². The topological polar surface area (TPSA) is 58.4 Å². The van der Waals surface area contributed by atoms with E-state index in [4.69, 9.17) is 0 Å². The van der Waals surface area contributed by atoms with Gasteiger partial charge in [0.15, 0.2) is 5.16 Å². The summed E-state index contributed by atoms with van der Waals surface area (Å²) < 4.78 is 2.06. The van der Waals surface area contributed by atoms with Crippen molar-refractivity contribution in [3.05, 3.63) is 41.7 Å². The zero-order chi connectivity index (χ0) is 19.4. The molecule has 3 rings (SSSR count). The number of aliphatic hydroxyl groups excluding tert-OH is 1. The number of amides is 1. The van der Waals surface area contributed by atoms with Crippen molar-refractivity contribution < 1.29 is 9.90 Å². The maximum atomic E-state index is 12.8. The highest BCUT2D eigenvalue weighted by Gasteiger charge is 2.27. The summed E-state index contributed by atoms with van der Waals surface area (Å²) in [5.41, 5.74) is 3.56. The Kier molecular flexibility index (Phi) is 6.60. The zero-order valence-electron chi connectivity index (χ0n) is 16.4. The van der Waals surface area contributed by atoms with E-state index in [-0.39, 0.29) is 18.1 Å². The Morgan fingerprint density at radius 1 is 1.37 bits per heavy atom. The molecule has 0 saturated carbocycles. The van der Waals surface area contributed by atoms with Gasteiger partial charge >= 0.3 is 0 Å². The lowest BCUT2D eigenvalue weighted by atomic mass is 9.97. The van der Waals surface area contributed by atoms with Crippen LogP contribution in [-0.2, 0) is 4.79 Å². The fourth-order valence-electron chi connectivity index (χ4n) is 3.75. The molecule has 0 unspecified atom stereocenters. The molecule has 2 aromatic rings. The molecule has 1 amide bonds. The molecule has 27 heavy (non-hydrogen) atoms. The molecule has 1 fully saturated rings. The third kappa shape index (κ3) is 4.74. The van der Waals surface area contributed by atoms with Crippen molar-refractivity contribution in [1.82, 2.24) is 14.5 Å². The quantitative estimate of drug-likeness (QED) is 0.767. The third-order valence-electron chi connectivity index (χ3n) is 5.33. The van der Waals surface area contributed by atoms with Gasteiger partial charge in [-0.2, -0.15) is 0 Å². The van der Waals surface area contributed by atoms with Gasteiger partial charge in [0.25, 0.3) is 0 Å². The van der Waals surface area contributed by atoms with Crippen LogP contribution in [0.5, 0.6) is 0 Å². The van der Waals surface area contributed by atoms with Crippen LogP contribution in [0.4, 0.5) is 0 Å². The minimum Gasteiger partial charge on any atom is -0.393 e. The number of hydrogen-bond acceptors (Lipinski definition) is 4. The first-order valence-electron chi connectivity index (χ1n) is 9.67. The van der Waals surface area contributed by atoms with Gasteiger partial charge in [0.2, 0.25) is 5.91 Å². The van der Waals surface area contributed by atoms with Gasteiger partial charge in [0.1, 0.15) is 0 Å². The molecule has 1 aromatic carbocycles. The monoisotopic (exact) mass is 387 g/mol. The maximum Gasteiger partial charge on any atom is 0.233 e. The fraction of sp³-hybridized carbons (Fsp3) is 0.524. The Hall–Kier alpha value is -1.79. The molecule has 1 saturated heterocycles. The highest BCUT2D eigenvalue weighted by Crippen LogP contribution is 2.26. The van der Waals surface area contributed by atoms with Crippen molar-refractivity contribution in [2.45, 2.75) is 63.8 Å². The first-order chi connectivity index (χ1) is 13.0. The van der Waals surface area contributed by atoms with Gasteiger partial charge in [0, 0.05) is 25.0 Å². The predicted octanol–water partition coefficient (Wildman–Crippen LogP) is 3.73. The molecule has 0 spiro atoms. The van der Waals surface area contributed by atoms with Crippen molar-refractivity contribution in [3.8, 4) is 5.69 Å². The van der Waals surface area contributed by atoms with E-state index in [1.165, 1.54) is 22.9 Å². The Morgan fingerprint density at radius 3 is 2.96 bits per heavy atom. The lowest BCUT2D eigenvalue weighted by Crippen LogP contribution is -2.45. The Bertz CT molecular complexity index is 787. The zero-order valence-corrected chi connectivity index (χ0v) is 17.2. The second-order valence-electron chi connectivity index (χ2n) is 7.41. The largest absolute Gasteiger partial charge is 0.393 e. The van der Waals surface area contributed by atoms with Crippen LogP contribution in [0.3, 0.4) is 0 Å². The molecule has 1 N–H and O–H groups in total. The number of aliphatic hydroxyl groups is 1. The van der Waals surface area contributed by atoms with Gasteiger partial charge in [-0.1, -0.05) is 23.9 Å². The molecular formula is C21H29N3O2S. The van der Waals surface area contributed by atoms with E-state index in [2.05, 4.69) is 35.5 Å². The molecule has 0 radical (unpaired) electrons. The first-order valence-corrected chi connectivity index (χ1v) is 10.7. The molecule has 5 nitrogen and oxygen atoms in total.